The molecule has 0 atom stereocenters. The second-order valence-corrected chi connectivity index (χ2v) is 8.49. The van der Waals surface area contributed by atoms with Crippen molar-refractivity contribution in [3.63, 3.8) is 0 Å². The van der Waals surface area contributed by atoms with Gasteiger partial charge in [0, 0.05) is 26.2 Å². The van der Waals surface area contributed by atoms with Crippen molar-refractivity contribution in [3.8, 4) is 5.75 Å². The number of nitrogens with two attached hydrogens (primary N) is 1. The number of aromatic nitrogens is 2. The van der Waals surface area contributed by atoms with Crippen molar-refractivity contribution in [1.29, 1.82) is 0 Å². The summed E-state index contributed by atoms with van der Waals surface area (Å²) in [5.74, 6) is 3.10. The fourth-order valence-corrected chi connectivity index (χ4v) is 4.26. The van der Waals surface area contributed by atoms with Gasteiger partial charge < -0.3 is 29.9 Å². The first-order valence-corrected chi connectivity index (χ1v) is 11.3. The number of hydrogen-bond donors (Lipinski definition) is 1. The van der Waals surface area contributed by atoms with E-state index in [0.717, 1.165) is 62.0 Å². The van der Waals surface area contributed by atoms with E-state index in [9.17, 15) is 0 Å². The number of morpholine rings is 1. The van der Waals surface area contributed by atoms with Crippen LogP contribution in [0.15, 0.2) is 24.3 Å². The molecule has 0 aliphatic carbocycles. The zero-order chi connectivity index (χ0) is 22.5. The Balaban J connectivity index is 1.65. The van der Waals surface area contributed by atoms with Gasteiger partial charge in [-0.2, -0.15) is 0 Å². The maximum Gasteiger partial charge on any atom is 0.158 e. The number of piperidine rings is 1. The van der Waals surface area contributed by atoms with Gasteiger partial charge in [-0.15, -0.1) is 0 Å². The smallest absolute Gasteiger partial charge is 0.158 e. The van der Waals surface area contributed by atoms with Gasteiger partial charge in [0.25, 0.3) is 0 Å². The quantitative estimate of drug-likeness (QED) is 0.737. The Morgan fingerprint density at radius 2 is 1.75 bits per heavy atom. The molecule has 0 spiro atoms. The van der Waals surface area contributed by atoms with E-state index in [1.165, 1.54) is 0 Å². The summed E-state index contributed by atoms with van der Waals surface area (Å²) < 4.78 is 10.8. The lowest BCUT2D eigenvalue weighted by atomic mass is 10.0. The van der Waals surface area contributed by atoms with Crippen molar-refractivity contribution in [3.05, 3.63) is 35.7 Å². The number of nitrogen functional groups attached to an aromatic ring is 1. The molecule has 2 aliphatic rings. The second-order valence-electron chi connectivity index (χ2n) is 8.49. The molecular weight excluding hydrogens is 404 g/mol. The largest absolute Gasteiger partial charge is 0.497 e. The Morgan fingerprint density at radius 3 is 2.41 bits per heavy atom. The molecule has 3 heterocycles. The number of likely N-dealkylation sites (tertiary alicyclic amines) is 1. The third-order valence-corrected chi connectivity index (χ3v) is 6.34. The Morgan fingerprint density at radius 1 is 1.06 bits per heavy atom. The van der Waals surface area contributed by atoms with Crippen molar-refractivity contribution in [1.82, 2.24) is 14.9 Å². The Hall–Kier alpha value is -2.84. The Kier molecular flexibility index (Phi) is 7.12. The van der Waals surface area contributed by atoms with Crippen LogP contribution in [0.5, 0.6) is 5.75 Å². The van der Waals surface area contributed by atoms with E-state index in [0.29, 0.717) is 30.8 Å². The third kappa shape index (κ3) is 5.14. The fraction of sp³-hybridized carbons (Fsp3) is 0.500. The molecule has 1 aromatic heterocycles. The molecule has 0 bridgehead atoms. The van der Waals surface area contributed by atoms with E-state index in [4.69, 9.17) is 25.2 Å². The van der Waals surface area contributed by atoms with Gasteiger partial charge in [0.1, 0.15) is 11.4 Å². The molecule has 4 rings (SSSR count). The predicted octanol–water partition coefficient (Wildman–Crippen LogP) is 2.60. The van der Waals surface area contributed by atoms with E-state index in [1.807, 2.05) is 36.4 Å². The summed E-state index contributed by atoms with van der Waals surface area (Å²) in [6.07, 6.45) is 6.17. The monoisotopic (exact) mass is 438 g/mol. The molecule has 8 nitrogen and oxygen atoms in total. The standard InChI is InChI=1S/C24H34N6O2/c1-28-12-10-19(11-13-28)29(2)23-22(25)24(30-14-16-32-17-15-30)27-21(26-23)9-6-18-4-7-20(31-3)8-5-18/h4-9,19H,10-17,25H2,1-3H3. The van der Waals surface area contributed by atoms with Crippen LogP contribution in [0.2, 0.25) is 0 Å². The number of nitrogens with zero attached hydrogens (tertiary/aromatic N) is 5. The molecule has 0 unspecified atom stereocenters. The van der Waals surface area contributed by atoms with E-state index in [1.54, 1.807) is 7.11 Å². The molecule has 2 fully saturated rings. The van der Waals surface area contributed by atoms with E-state index in [-0.39, 0.29) is 0 Å². The predicted molar refractivity (Wildman–Crippen MR) is 130 cm³/mol. The highest BCUT2D eigenvalue weighted by Crippen LogP contribution is 2.33. The van der Waals surface area contributed by atoms with Crippen LogP contribution in [0.4, 0.5) is 17.3 Å². The number of ether oxygens (including phenoxy) is 2. The average Bonchev–Trinajstić information content (AvgIpc) is 2.84. The SMILES string of the molecule is COc1ccc(C=Cc2nc(N3CCOCC3)c(N)c(N(C)C3CCN(C)CC3)n2)cc1. The molecule has 2 N–H and O–H groups in total. The third-order valence-electron chi connectivity index (χ3n) is 6.34. The molecule has 0 radical (unpaired) electrons. The van der Waals surface area contributed by atoms with Gasteiger partial charge in [-0.3, -0.25) is 0 Å². The molecule has 172 valence electrons. The first-order valence-electron chi connectivity index (χ1n) is 11.3. The summed E-state index contributed by atoms with van der Waals surface area (Å²) in [7, 11) is 5.95. The Labute approximate surface area is 190 Å². The highest BCUT2D eigenvalue weighted by molar-refractivity contribution is 5.79. The maximum atomic E-state index is 6.66. The van der Waals surface area contributed by atoms with Crippen molar-refractivity contribution >= 4 is 29.5 Å². The highest BCUT2D eigenvalue weighted by Gasteiger charge is 2.26. The minimum Gasteiger partial charge on any atom is -0.497 e. The minimum atomic E-state index is 0.416. The minimum absolute atomic E-state index is 0.416. The maximum absolute atomic E-state index is 6.66. The van der Waals surface area contributed by atoms with Crippen LogP contribution in [-0.2, 0) is 4.74 Å². The van der Waals surface area contributed by atoms with E-state index >= 15 is 0 Å². The average molecular weight is 439 g/mol. The van der Waals surface area contributed by atoms with Gasteiger partial charge >= 0.3 is 0 Å². The Bertz CT molecular complexity index is 919. The molecule has 8 heteroatoms. The number of hydrogen-bond acceptors (Lipinski definition) is 8. The number of benzene rings is 1. The van der Waals surface area contributed by atoms with Crippen LogP contribution in [-0.4, -0.2) is 81.5 Å². The van der Waals surface area contributed by atoms with Crippen molar-refractivity contribution in [2.45, 2.75) is 18.9 Å². The van der Waals surface area contributed by atoms with Gasteiger partial charge in [-0.25, -0.2) is 9.97 Å². The lowest BCUT2D eigenvalue weighted by Crippen LogP contribution is -2.43. The summed E-state index contributed by atoms with van der Waals surface area (Å²) in [5, 5.41) is 0. The van der Waals surface area contributed by atoms with Gasteiger partial charge in [-0.1, -0.05) is 18.2 Å². The fourth-order valence-electron chi connectivity index (χ4n) is 4.26. The summed E-state index contributed by atoms with van der Waals surface area (Å²) >= 11 is 0. The van der Waals surface area contributed by atoms with Crippen molar-refractivity contribution in [2.24, 2.45) is 0 Å². The van der Waals surface area contributed by atoms with Crippen LogP contribution in [0.3, 0.4) is 0 Å². The molecule has 32 heavy (non-hydrogen) atoms. The van der Waals surface area contributed by atoms with Gasteiger partial charge in [0.2, 0.25) is 0 Å². The zero-order valence-corrected chi connectivity index (χ0v) is 19.3. The van der Waals surface area contributed by atoms with Gasteiger partial charge in [0.05, 0.1) is 20.3 Å². The molecule has 2 aromatic rings. The molecule has 0 amide bonds. The van der Waals surface area contributed by atoms with E-state index < -0.39 is 0 Å². The van der Waals surface area contributed by atoms with Crippen LogP contribution < -0.4 is 20.3 Å². The molecule has 0 saturated carbocycles. The van der Waals surface area contributed by atoms with Crippen LogP contribution in [0, 0.1) is 0 Å². The number of rotatable bonds is 6. The summed E-state index contributed by atoms with van der Waals surface area (Å²) in [6, 6.07) is 8.34. The van der Waals surface area contributed by atoms with Gasteiger partial charge in [-0.05, 0) is 56.8 Å². The molecular formula is C24H34N6O2. The van der Waals surface area contributed by atoms with Crippen molar-refractivity contribution < 1.29 is 9.47 Å². The van der Waals surface area contributed by atoms with E-state index in [2.05, 4.69) is 28.8 Å². The summed E-state index contributed by atoms with van der Waals surface area (Å²) in [4.78, 5) is 16.5. The van der Waals surface area contributed by atoms with Gasteiger partial charge in [0.15, 0.2) is 17.5 Å². The first kappa shape index (κ1) is 22.4. The molecule has 2 aliphatic heterocycles. The second kappa shape index (κ2) is 10.2. The lowest BCUT2D eigenvalue weighted by molar-refractivity contribution is 0.122. The summed E-state index contributed by atoms with van der Waals surface area (Å²) in [5.41, 5.74) is 8.37. The lowest BCUT2D eigenvalue weighted by Gasteiger charge is -2.37. The number of methoxy groups -OCH3 is 1. The van der Waals surface area contributed by atoms with Crippen LogP contribution in [0.1, 0.15) is 24.2 Å². The molecule has 1 aromatic carbocycles. The van der Waals surface area contributed by atoms with Crippen LogP contribution >= 0.6 is 0 Å². The van der Waals surface area contributed by atoms with Crippen LogP contribution in [0.25, 0.3) is 12.2 Å². The first-order chi connectivity index (χ1) is 15.5. The summed E-state index contributed by atoms with van der Waals surface area (Å²) in [6.45, 7) is 5.09. The zero-order valence-electron chi connectivity index (χ0n) is 19.3. The number of anilines is 3. The topological polar surface area (TPSA) is 80.0 Å². The molecule has 2 saturated heterocycles. The highest BCUT2D eigenvalue weighted by atomic mass is 16.5. The normalized spacial score (nSPS) is 18.3. The van der Waals surface area contributed by atoms with Crippen molar-refractivity contribution in [2.75, 3.05) is 76.1 Å².